The number of hydrogen-bond acceptors (Lipinski definition) is 7. The van der Waals surface area contributed by atoms with E-state index in [1.54, 1.807) is 12.1 Å². The van der Waals surface area contributed by atoms with Crippen LogP contribution in [0, 0.1) is 10.1 Å². The molecule has 2 fully saturated rings. The molecule has 0 bridgehead atoms. The van der Waals surface area contributed by atoms with Crippen LogP contribution in [0.25, 0.3) is 6.08 Å². The van der Waals surface area contributed by atoms with E-state index < -0.39 is 16.7 Å². The minimum atomic E-state index is -0.627. The maximum atomic E-state index is 12.2. The molecule has 1 N–H and O–H groups in total. The van der Waals surface area contributed by atoms with Crippen LogP contribution in [0.4, 0.5) is 11.4 Å². The molecule has 2 heterocycles. The molecule has 1 aromatic rings. The van der Waals surface area contributed by atoms with Crippen LogP contribution in [-0.4, -0.2) is 60.1 Å². The molecular weight excluding hydrogens is 360 g/mol. The Hall–Kier alpha value is -2.85. The van der Waals surface area contributed by atoms with Gasteiger partial charge in [-0.15, -0.1) is 0 Å². The topological polar surface area (TPSA) is 105 Å². The molecule has 0 unspecified atom stereocenters. The number of ether oxygens (including phenoxy) is 1. The van der Waals surface area contributed by atoms with Gasteiger partial charge in [0.1, 0.15) is 11.3 Å². The highest BCUT2D eigenvalue weighted by Crippen LogP contribution is 2.30. The summed E-state index contributed by atoms with van der Waals surface area (Å²) in [6.45, 7) is 2.13. The van der Waals surface area contributed by atoms with Crippen molar-refractivity contribution in [3.63, 3.8) is 0 Å². The fourth-order valence-electron chi connectivity index (χ4n) is 2.76. The summed E-state index contributed by atoms with van der Waals surface area (Å²) in [4.78, 5) is 38.3. The van der Waals surface area contributed by atoms with Crippen LogP contribution in [0.3, 0.4) is 0 Å². The molecule has 3 rings (SSSR count). The molecule has 0 spiro atoms. The summed E-state index contributed by atoms with van der Waals surface area (Å²) in [5.41, 5.74) is 0.648. The van der Waals surface area contributed by atoms with Gasteiger partial charge in [-0.3, -0.25) is 29.9 Å². The van der Waals surface area contributed by atoms with Gasteiger partial charge < -0.3 is 9.64 Å². The summed E-state index contributed by atoms with van der Waals surface area (Å²) < 4.78 is 5.27. The lowest BCUT2D eigenvalue weighted by Crippen LogP contribution is -2.52. The smallest absolute Gasteiger partial charge is 0.293 e. The van der Waals surface area contributed by atoms with Gasteiger partial charge in [-0.2, -0.15) is 0 Å². The van der Waals surface area contributed by atoms with Crippen molar-refractivity contribution >= 4 is 46.6 Å². The van der Waals surface area contributed by atoms with E-state index in [2.05, 4.69) is 5.32 Å². The third kappa shape index (κ3) is 3.41. The summed E-state index contributed by atoms with van der Waals surface area (Å²) in [5.74, 6) is -1.18. The molecule has 2 amide bonds. The molecule has 0 saturated carbocycles. The normalized spacial score (nSPS) is 19.7. The van der Waals surface area contributed by atoms with E-state index in [4.69, 9.17) is 17.0 Å². The van der Waals surface area contributed by atoms with E-state index in [1.165, 1.54) is 19.2 Å². The number of nitro benzene ring substituents is 1. The maximum absolute atomic E-state index is 12.2. The first-order valence-electron chi connectivity index (χ1n) is 7.84. The van der Waals surface area contributed by atoms with Gasteiger partial charge in [0.15, 0.2) is 5.11 Å². The van der Waals surface area contributed by atoms with E-state index in [-0.39, 0.29) is 16.4 Å². The van der Waals surface area contributed by atoms with Gasteiger partial charge in [0.2, 0.25) is 0 Å². The van der Waals surface area contributed by atoms with Crippen molar-refractivity contribution in [2.75, 3.05) is 38.3 Å². The predicted molar refractivity (Wildman–Crippen MR) is 97.6 cm³/mol. The Morgan fingerprint density at radius 3 is 2.65 bits per heavy atom. The Balaban J connectivity index is 1.97. The third-order valence-corrected chi connectivity index (χ3v) is 4.54. The average Bonchev–Trinajstić information content (AvgIpc) is 2.64. The van der Waals surface area contributed by atoms with Crippen molar-refractivity contribution < 1.29 is 19.2 Å². The predicted octanol–water partition coefficient (Wildman–Crippen LogP) is 0.688. The highest BCUT2D eigenvalue weighted by molar-refractivity contribution is 7.80. The van der Waals surface area contributed by atoms with Crippen molar-refractivity contribution in [1.29, 1.82) is 0 Å². The van der Waals surface area contributed by atoms with E-state index in [1.807, 2.05) is 4.90 Å². The first-order chi connectivity index (χ1) is 12.4. The Morgan fingerprint density at radius 2 is 2.00 bits per heavy atom. The van der Waals surface area contributed by atoms with Crippen molar-refractivity contribution in [3.05, 3.63) is 39.4 Å². The van der Waals surface area contributed by atoms with Gasteiger partial charge in [-0.1, -0.05) is 6.07 Å². The second-order valence-electron chi connectivity index (χ2n) is 5.79. The largest absolute Gasteiger partial charge is 0.378 e. The molecule has 26 heavy (non-hydrogen) atoms. The van der Waals surface area contributed by atoms with Crippen LogP contribution in [0.15, 0.2) is 23.8 Å². The molecule has 2 aliphatic heterocycles. The fourth-order valence-corrected chi connectivity index (χ4v) is 2.94. The number of rotatable bonds is 3. The van der Waals surface area contributed by atoms with E-state index in [9.17, 15) is 19.7 Å². The standard InChI is InChI=1S/C16H16N4O5S/c1-18-15(22)11(14(21)17-16(18)26)8-10-2-3-12(13(9-10)20(23)24)19-4-6-25-7-5-19/h2-3,8-9H,4-7H2,1H3,(H,17,21,26)/b11-8+. The quantitative estimate of drug-likeness (QED) is 0.272. The molecule has 0 aliphatic carbocycles. The van der Waals surface area contributed by atoms with Gasteiger partial charge in [0.25, 0.3) is 17.5 Å². The minimum Gasteiger partial charge on any atom is -0.378 e. The number of benzene rings is 1. The molecule has 0 aromatic heterocycles. The molecule has 10 heteroatoms. The zero-order chi connectivity index (χ0) is 18.8. The first kappa shape index (κ1) is 18.0. The fraction of sp³-hybridized carbons (Fsp3) is 0.312. The van der Waals surface area contributed by atoms with Crippen molar-refractivity contribution in [3.8, 4) is 0 Å². The number of nitro groups is 1. The second kappa shape index (κ2) is 7.18. The number of likely N-dealkylation sites (N-methyl/N-ethyl adjacent to an activating group) is 1. The molecule has 136 valence electrons. The lowest BCUT2D eigenvalue weighted by Gasteiger charge is -2.28. The number of nitrogens with one attached hydrogen (secondary N) is 1. The lowest BCUT2D eigenvalue weighted by atomic mass is 10.1. The number of thiocarbonyl (C=S) groups is 1. The summed E-state index contributed by atoms with van der Waals surface area (Å²) in [6, 6.07) is 4.61. The molecule has 2 aliphatic rings. The number of nitrogens with zero attached hydrogens (tertiary/aromatic N) is 3. The number of amides is 2. The van der Waals surface area contributed by atoms with E-state index in [0.717, 1.165) is 4.90 Å². The van der Waals surface area contributed by atoms with Crippen molar-refractivity contribution in [2.45, 2.75) is 0 Å². The molecule has 9 nitrogen and oxygen atoms in total. The first-order valence-corrected chi connectivity index (χ1v) is 8.25. The second-order valence-corrected chi connectivity index (χ2v) is 6.17. The van der Waals surface area contributed by atoms with Crippen LogP contribution in [0.1, 0.15) is 5.56 Å². The van der Waals surface area contributed by atoms with Crippen LogP contribution < -0.4 is 10.2 Å². The number of anilines is 1. The summed E-state index contributed by atoms with van der Waals surface area (Å²) in [7, 11) is 1.45. The molecule has 1 aromatic carbocycles. The molecule has 2 saturated heterocycles. The number of hydrogen-bond donors (Lipinski definition) is 1. The van der Waals surface area contributed by atoms with Crippen LogP contribution in [0.2, 0.25) is 0 Å². The number of carbonyl (C=O) groups is 2. The highest BCUT2D eigenvalue weighted by Gasteiger charge is 2.31. The minimum absolute atomic E-state index is 0.0193. The van der Waals surface area contributed by atoms with Gasteiger partial charge in [-0.25, -0.2) is 0 Å². The maximum Gasteiger partial charge on any atom is 0.293 e. The number of carbonyl (C=O) groups excluding carboxylic acids is 2. The van der Waals surface area contributed by atoms with E-state index in [0.29, 0.717) is 37.6 Å². The average molecular weight is 376 g/mol. The summed E-state index contributed by atoms with van der Waals surface area (Å²) >= 11 is 4.89. The van der Waals surface area contributed by atoms with Crippen molar-refractivity contribution in [1.82, 2.24) is 10.2 Å². The van der Waals surface area contributed by atoms with Gasteiger partial charge in [-0.05, 0) is 29.9 Å². The molecule has 0 atom stereocenters. The van der Waals surface area contributed by atoms with E-state index >= 15 is 0 Å². The zero-order valence-electron chi connectivity index (χ0n) is 13.9. The number of morpholine rings is 1. The monoisotopic (exact) mass is 376 g/mol. The summed E-state index contributed by atoms with van der Waals surface area (Å²) in [6.07, 6.45) is 1.33. The zero-order valence-corrected chi connectivity index (χ0v) is 14.7. The van der Waals surface area contributed by atoms with Crippen molar-refractivity contribution in [2.24, 2.45) is 0 Å². The Labute approximate surface area is 154 Å². The van der Waals surface area contributed by atoms with Crippen LogP contribution >= 0.6 is 12.2 Å². The Bertz CT molecular complexity index is 832. The van der Waals surface area contributed by atoms with Crippen LogP contribution in [-0.2, 0) is 14.3 Å². The van der Waals surface area contributed by atoms with Gasteiger partial charge >= 0.3 is 0 Å². The Kier molecular flexibility index (Phi) is 4.96. The Morgan fingerprint density at radius 1 is 1.31 bits per heavy atom. The lowest BCUT2D eigenvalue weighted by molar-refractivity contribution is -0.384. The molecular formula is C16H16N4O5S. The van der Waals surface area contributed by atoms with Gasteiger partial charge in [0.05, 0.1) is 18.1 Å². The SMILES string of the molecule is CN1C(=O)/C(=C/c2ccc(N3CCOCC3)c([N+](=O)[O-])c2)C(=O)NC1=S. The van der Waals surface area contributed by atoms with Crippen LogP contribution in [0.5, 0.6) is 0 Å². The highest BCUT2D eigenvalue weighted by atomic mass is 32.1. The molecule has 0 radical (unpaired) electrons. The van der Waals surface area contributed by atoms with Gasteiger partial charge in [0, 0.05) is 26.2 Å². The summed E-state index contributed by atoms with van der Waals surface area (Å²) in [5, 5.41) is 13.9. The third-order valence-electron chi connectivity index (χ3n) is 4.16.